The number of nitrogens with one attached hydrogen (secondary N) is 1. The van der Waals surface area contributed by atoms with Gasteiger partial charge in [-0.1, -0.05) is 48.4 Å². The SMILES string of the molecule is CCCc1cc(=O)n2nc(N3CCC(C(=O)Nc4ccccc4Cl)CC3)sc2n1. The third kappa shape index (κ3) is 4.28. The van der Waals surface area contributed by atoms with Gasteiger partial charge >= 0.3 is 0 Å². The molecular weight excluding hydrogens is 410 g/mol. The van der Waals surface area contributed by atoms with Gasteiger partial charge in [0.25, 0.3) is 5.56 Å². The minimum atomic E-state index is -0.144. The highest BCUT2D eigenvalue weighted by atomic mass is 35.5. The third-order valence-corrected chi connectivity index (χ3v) is 6.36. The van der Waals surface area contributed by atoms with Gasteiger partial charge in [0.2, 0.25) is 16.0 Å². The Bertz CT molecular complexity index is 1090. The van der Waals surface area contributed by atoms with Crippen molar-refractivity contribution in [3.8, 4) is 0 Å². The molecule has 1 N–H and O–H groups in total. The molecule has 1 saturated heterocycles. The fourth-order valence-electron chi connectivity index (χ4n) is 3.49. The number of anilines is 2. The summed E-state index contributed by atoms with van der Waals surface area (Å²) in [4.78, 5) is 32.2. The molecule has 29 heavy (non-hydrogen) atoms. The van der Waals surface area contributed by atoms with Crippen molar-refractivity contribution >= 4 is 44.6 Å². The summed E-state index contributed by atoms with van der Waals surface area (Å²) < 4.78 is 1.37. The summed E-state index contributed by atoms with van der Waals surface area (Å²) in [5.41, 5.74) is 1.30. The Morgan fingerprint density at radius 1 is 1.31 bits per heavy atom. The van der Waals surface area contributed by atoms with E-state index in [1.807, 2.05) is 12.1 Å². The highest BCUT2D eigenvalue weighted by Gasteiger charge is 2.27. The summed E-state index contributed by atoms with van der Waals surface area (Å²) in [5.74, 6) is -0.0851. The molecule has 3 heterocycles. The van der Waals surface area contributed by atoms with Gasteiger partial charge in [-0.25, -0.2) is 4.98 Å². The number of halogens is 1. The van der Waals surface area contributed by atoms with Crippen LogP contribution in [0.25, 0.3) is 4.96 Å². The van der Waals surface area contributed by atoms with E-state index >= 15 is 0 Å². The smallest absolute Gasteiger partial charge is 0.275 e. The first kappa shape index (κ1) is 19.8. The van der Waals surface area contributed by atoms with Crippen molar-refractivity contribution in [3.63, 3.8) is 0 Å². The molecule has 152 valence electrons. The molecule has 7 nitrogen and oxygen atoms in total. The van der Waals surface area contributed by atoms with Gasteiger partial charge in [0, 0.05) is 30.8 Å². The Balaban J connectivity index is 1.43. The zero-order valence-electron chi connectivity index (χ0n) is 16.1. The quantitative estimate of drug-likeness (QED) is 0.667. The second-order valence-electron chi connectivity index (χ2n) is 7.15. The number of hydrogen-bond donors (Lipinski definition) is 1. The van der Waals surface area contributed by atoms with E-state index in [1.54, 1.807) is 18.2 Å². The van der Waals surface area contributed by atoms with E-state index in [-0.39, 0.29) is 17.4 Å². The Morgan fingerprint density at radius 3 is 2.79 bits per heavy atom. The number of para-hydroxylation sites is 1. The van der Waals surface area contributed by atoms with Crippen LogP contribution in [0.5, 0.6) is 0 Å². The number of amides is 1. The number of benzene rings is 1. The van der Waals surface area contributed by atoms with Crippen molar-refractivity contribution in [2.45, 2.75) is 32.6 Å². The lowest BCUT2D eigenvalue weighted by atomic mass is 9.96. The maximum Gasteiger partial charge on any atom is 0.275 e. The Morgan fingerprint density at radius 2 is 2.07 bits per heavy atom. The Labute approximate surface area is 177 Å². The first-order valence-electron chi connectivity index (χ1n) is 9.75. The highest BCUT2D eigenvalue weighted by Crippen LogP contribution is 2.28. The van der Waals surface area contributed by atoms with Gasteiger partial charge in [-0.05, 0) is 31.4 Å². The van der Waals surface area contributed by atoms with Gasteiger partial charge in [-0.2, -0.15) is 4.52 Å². The molecule has 1 aliphatic heterocycles. The average Bonchev–Trinajstić information content (AvgIpc) is 3.15. The molecule has 0 saturated carbocycles. The molecule has 0 radical (unpaired) electrons. The minimum Gasteiger partial charge on any atom is -0.347 e. The summed E-state index contributed by atoms with van der Waals surface area (Å²) in [5, 5.41) is 8.69. The molecule has 1 aliphatic rings. The molecule has 0 spiro atoms. The molecule has 9 heteroatoms. The van der Waals surface area contributed by atoms with E-state index in [4.69, 9.17) is 11.6 Å². The summed E-state index contributed by atoms with van der Waals surface area (Å²) in [6, 6.07) is 8.80. The maximum atomic E-state index is 12.6. The van der Waals surface area contributed by atoms with Crippen LogP contribution in [0.4, 0.5) is 10.8 Å². The highest BCUT2D eigenvalue weighted by molar-refractivity contribution is 7.20. The monoisotopic (exact) mass is 431 g/mol. The Kier molecular flexibility index (Phi) is 5.82. The predicted octanol–water partition coefficient (Wildman–Crippen LogP) is 3.61. The van der Waals surface area contributed by atoms with Crippen LogP contribution in [0.3, 0.4) is 0 Å². The predicted molar refractivity (Wildman–Crippen MR) is 116 cm³/mol. The summed E-state index contributed by atoms with van der Waals surface area (Å²) >= 11 is 7.55. The number of aryl methyl sites for hydroxylation is 1. The van der Waals surface area contributed by atoms with Crippen LogP contribution < -0.4 is 15.8 Å². The number of aromatic nitrogens is 3. The fourth-order valence-corrected chi connectivity index (χ4v) is 4.65. The van der Waals surface area contributed by atoms with E-state index in [9.17, 15) is 9.59 Å². The zero-order valence-corrected chi connectivity index (χ0v) is 17.7. The van der Waals surface area contributed by atoms with Crippen LogP contribution >= 0.6 is 22.9 Å². The summed E-state index contributed by atoms with van der Waals surface area (Å²) in [6.07, 6.45) is 3.16. The molecule has 0 bridgehead atoms. The normalized spacial score (nSPS) is 15.0. The van der Waals surface area contributed by atoms with E-state index in [1.165, 1.54) is 15.9 Å². The molecule has 0 atom stereocenters. The van der Waals surface area contributed by atoms with Gasteiger partial charge in [0.05, 0.1) is 10.7 Å². The van der Waals surface area contributed by atoms with Crippen molar-refractivity contribution in [1.29, 1.82) is 0 Å². The van der Waals surface area contributed by atoms with E-state index in [0.717, 1.165) is 36.5 Å². The molecular formula is C20H22ClN5O2S. The molecule has 3 aromatic rings. The Hall–Kier alpha value is -2.45. The molecule has 4 rings (SSSR count). The first-order chi connectivity index (χ1) is 14.0. The van der Waals surface area contributed by atoms with Crippen molar-refractivity contribution in [2.75, 3.05) is 23.3 Å². The third-order valence-electron chi connectivity index (χ3n) is 5.06. The summed E-state index contributed by atoms with van der Waals surface area (Å²) in [7, 11) is 0. The lowest BCUT2D eigenvalue weighted by Crippen LogP contribution is -2.38. The van der Waals surface area contributed by atoms with Crippen LogP contribution in [0.15, 0.2) is 35.1 Å². The van der Waals surface area contributed by atoms with Gasteiger partial charge in [0.1, 0.15) is 0 Å². The number of nitrogens with zero attached hydrogens (tertiary/aromatic N) is 4. The first-order valence-corrected chi connectivity index (χ1v) is 10.9. The van der Waals surface area contributed by atoms with E-state index in [0.29, 0.717) is 28.8 Å². The number of hydrogen-bond acceptors (Lipinski definition) is 6. The average molecular weight is 432 g/mol. The summed E-state index contributed by atoms with van der Waals surface area (Å²) in [6.45, 7) is 3.47. The van der Waals surface area contributed by atoms with E-state index in [2.05, 4.69) is 27.2 Å². The number of carbonyl (C=O) groups excluding carboxylic acids is 1. The van der Waals surface area contributed by atoms with Gasteiger partial charge in [-0.3, -0.25) is 9.59 Å². The van der Waals surface area contributed by atoms with Gasteiger partial charge < -0.3 is 10.2 Å². The number of rotatable bonds is 5. The minimum absolute atomic E-state index is 0.0101. The van der Waals surface area contributed by atoms with Gasteiger partial charge in [0.15, 0.2) is 0 Å². The maximum absolute atomic E-state index is 12.6. The zero-order chi connectivity index (χ0) is 20.4. The lowest BCUT2D eigenvalue weighted by Gasteiger charge is -2.30. The standard InChI is InChI=1S/C20H22ClN5O2S/c1-2-5-14-12-17(27)26-19(22-14)29-20(24-26)25-10-8-13(9-11-25)18(28)23-16-7-4-3-6-15(16)21/h3-4,6-7,12-13H,2,5,8-11H2,1H3,(H,23,28). The molecule has 1 aromatic carbocycles. The number of carbonyl (C=O) groups is 1. The topological polar surface area (TPSA) is 79.6 Å². The molecule has 2 aromatic heterocycles. The fraction of sp³-hybridized carbons (Fsp3) is 0.400. The van der Waals surface area contributed by atoms with Crippen molar-refractivity contribution in [1.82, 2.24) is 14.6 Å². The largest absolute Gasteiger partial charge is 0.347 e. The molecule has 1 fully saturated rings. The lowest BCUT2D eigenvalue weighted by molar-refractivity contribution is -0.120. The second-order valence-corrected chi connectivity index (χ2v) is 8.49. The van der Waals surface area contributed by atoms with Crippen LogP contribution in [0.2, 0.25) is 5.02 Å². The second kappa shape index (κ2) is 8.51. The molecule has 0 unspecified atom stereocenters. The van der Waals surface area contributed by atoms with E-state index < -0.39 is 0 Å². The van der Waals surface area contributed by atoms with Crippen molar-refractivity contribution in [3.05, 3.63) is 51.4 Å². The number of fused-ring (bicyclic) bond motifs is 1. The molecule has 0 aliphatic carbocycles. The van der Waals surface area contributed by atoms with Crippen LogP contribution in [0.1, 0.15) is 31.9 Å². The number of piperidine rings is 1. The van der Waals surface area contributed by atoms with Crippen LogP contribution in [-0.4, -0.2) is 33.6 Å². The van der Waals surface area contributed by atoms with Crippen molar-refractivity contribution < 1.29 is 4.79 Å². The van der Waals surface area contributed by atoms with Crippen molar-refractivity contribution in [2.24, 2.45) is 5.92 Å². The van der Waals surface area contributed by atoms with Gasteiger partial charge in [-0.15, -0.1) is 5.10 Å². The molecule has 1 amide bonds. The van der Waals surface area contributed by atoms with Crippen LogP contribution in [0, 0.1) is 5.92 Å². The van der Waals surface area contributed by atoms with Crippen LogP contribution in [-0.2, 0) is 11.2 Å².